The number of H-pyrrole nitrogens is 1. The first-order valence-corrected chi connectivity index (χ1v) is 9.94. The Kier molecular flexibility index (Phi) is 8.04. The average Bonchev–Trinajstić information content (AvgIpc) is 3.00. The summed E-state index contributed by atoms with van der Waals surface area (Å²) in [6.45, 7) is 7.72. The molecule has 1 amide bonds. The lowest BCUT2D eigenvalue weighted by atomic mass is 9.99. The second-order valence-electron chi connectivity index (χ2n) is 6.84. The van der Waals surface area contributed by atoms with Crippen LogP contribution in [0, 0.1) is 17.6 Å². The van der Waals surface area contributed by atoms with Crippen molar-refractivity contribution in [3.8, 4) is 11.4 Å². The van der Waals surface area contributed by atoms with Gasteiger partial charge in [0, 0.05) is 25.1 Å². The minimum Gasteiger partial charge on any atom is -0.356 e. The van der Waals surface area contributed by atoms with E-state index in [1.807, 2.05) is 29.7 Å². The van der Waals surface area contributed by atoms with E-state index in [4.69, 9.17) is 12.2 Å². The molecule has 0 saturated carbocycles. The van der Waals surface area contributed by atoms with Crippen molar-refractivity contribution in [3.05, 3.63) is 34.6 Å². The molecule has 0 aliphatic heterocycles. The number of hydrogen-bond acceptors (Lipinski definition) is 3. The molecule has 5 nitrogen and oxygen atoms in total. The van der Waals surface area contributed by atoms with Gasteiger partial charge in [-0.25, -0.2) is 0 Å². The zero-order chi connectivity index (χ0) is 18.9. The Hall–Kier alpha value is -1.95. The molecule has 0 aliphatic carbocycles. The third kappa shape index (κ3) is 5.80. The van der Waals surface area contributed by atoms with Crippen LogP contribution in [0.5, 0.6) is 0 Å². The van der Waals surface area contributed by atoms with Crippen LogP contribution in [-0.4, -0.2) is 27.2 Å². The Bertz CT molecular complexity index is 765. The summed E-state index contributed by atoms with van der Waals surface area (Å²) in [6.07, 6.45) is 5.10. The van der Waals surface area contributed by atoms with Crippen molar-refractivity contribution >= 4 is 18.1 Å². The molecule has 0 aliphatic rings. The maximum Gasteiger partial charge on any atom is 0.221 e. The minimum atomic E-state index is 0.0678. The van der Waals surface area contributed by atoms with Crippen molar-refractivity contribution in [2.45, 2.75) is 59.4 Å². The largest absolute Gasteiger partial charge is 0.356 e. The van der Waals surface area contributed by atoms with Crippen molar-refractivity contribution in [1.29, 1.82) is 0 Å². The second kappa shape index (κ2) is 10.3. The molecule has 0 spiro atoms. The van der Waals surface area contributed by atoms with Crippen molar-refractivity contribution in [2.24, 2.45) is 5.92 Å². The van der Waals surface area contributed by atoms with Crippen LogP contribution in [0.15, 0.2) is 24.3 Å². The molecule has 1 aromatic carbocycles. The zero-order valence-electron chi connectivity index (χ0n) is 16.0. The first-order chi connectivity index (χ1) is 12.5. The van der Waals surface area contributed by atoms with Crippen LogP contribution in [0.25, 0.3) is 11.4 Å². The van der Waals surface area contributed by atoms with E-state index in [0.717, 1.165) is 24.4 Å². The number of benzene rings is 1. The maximum atomic E-state index is 12.3. The predicted molar refractivity (Wildman–Crippen MR) is 109 cm³/mol. The zero-order valence-corrected chi connectivity index (χ0v) is 16.9. The van der Waals surface area contributed by atoms with Crippen LogP contribution in [0.4, 0.5) is 0 Å². The van der Waals surface area contributed by atoms with E-state index < -0.39 is 0 Å². The van der Waals surface area contributed by atoms with E-state index in [1.165, 1.54) is 24.8 Å². The predicted octanol–water partition coefficient (Wildman–Crippen LogP) is 4.64. The average molecular weight is 375 g/mol. The third-order valence-corrected chi connectivity index (χ3v) is 5.04. The van der Waals surface area contributed by atoms with Gasteiger partial charge in [0.05, 0.1) is 0 Å². The fourth-order valence-corrected chi connectivity index (χ4v) is 3.26. The minimum absolute atomic E-state index is 0.0678. The van der Waals surface area contributed by atoms with Crippen molar-refractivity contribution in [2.75, 3.05) is 6.54 Å². The van der Waals surface area contributed by atoms with Crippen LogP contribution >= 0.6 is 12.2 Å². The lowest BCUT2D eigenvalue weighted by molar-refractivity contribution is -0.121. The molecule has 0 fully saturated rings. The standard InChI is InChI=1S/C20H30N4OS/c1-4-6-9-16(5-2)14-21-18(25)11-12-24-19(22-23-20(24)26)17-10-7-8-15(3)13-17/h7-8,10,13,16H,4-6,9,11-12,14H2,1-3H3,(H,21,25)(H,23,26). The maximum absolute atomic E-state index is 12.3. The van der Waals surface area contributed by atoms with Gasteiger partial charge in [0.15, 0.2) is 10.6 Å². The molecule has 1 heterocycles. The fraction of sp³-hybridized carbons (Fsp3) is 0.550. The number of carbonyl (C=O) groups excluding carboxylic acids is 1. The van der Waals surface area contributed by atoms with E-state index in [9.17, 15) is 4.79 Å². The molecular formula is C20H30N4OS. The molecular weight excluding hydrogens is 344 g/mol. The van der Waals surface area contributed by atoms with Gasteiger partial charge in [0.25, 0.3) is 0 Å². The number of carbonyl (C=O) groups is 1. The van der Waals surface area contributed by atoms with Crippen LogP contribution in [0.1, 0.15) is 51.5 Å². The highest BCUT2D eigenvalue weighted by molar-refractivity contribution is 7.71. The number of aromatic amines is 1. The first kappa shape index (κ1) is 20.4. The van der Waals surface area contributed by atoms with Gasteiger partial charge in [-0.15, -0.1) is 0 Å². The summed E-state index contributed by atoms with van der Waals surface area (Å²) in [7, 11) is 0. The van der Waals surface area contributed by atoms with Crippen molar-refractivity contribution in [1.82, 2.24) is 20.1 Å². The van der Waals surface area contributed by atoms with Crippen molar-refractivity contribution < 1.29 is 4.79 Å². The van der Waals surface area contributed by atoms with Gasteiger partial charge in [0.2, 0.25) is 5.91 Å². The van der Waals surface area contributed by atoms with Gasteiger partial charge < -0.3 is 5.32 Å². The van der Waals surface area contributed by atoms with Crippen molar-refractivity contribution in [3.63, 3.8) is 0 Å². The molecule has 2 rings (SSSR count). The topological polar surface area (TPSA) is 62.7 Å². The molecule has 0 radical (unpaired) electrons. The molecule has 26 heavy (non-hydrogen) atoms. The number of aromatic nitrogens is 3. The third-order valence-electron chi connectivity index (χ3n) is 4.73. The van der Waals surface area contributed by atoms with Gasteiger partial charge in [-0.05, 0) is 37.5 Å². The van der Waals surface area contributed by atoms with E-state index in [0.29, 0.717) is 23.7 Å². The van der Waals surface area contributed by atoms with Crippen LogP contribution in [0.3, 0.4) is 0 Å². The molecule has 2 N–H and O–H groups in total. The number of aryl methyl sites for hydroxylation is 1. The number of amides is 1. The highest BCUT2D eigenvalue weighted by Gasteiger charge is 2.12. The van der Waals surface area contributed by atoms with E-state index in [1.54, 1.807) is 0 Å². The van der Waals surface area contributed by atoms with E-state index >= 15 is 0 Å². The highest BCUT2D eigenvalue weighted by Crippen LogP contribution is 2.19. The van der Waals surface area contributed by atoms with Gasteiger partial charge in [0.1, 0.15) is 0 Å². The monoisotopic (exact) mass is 374 g/mol. The number of hydrogen-bond donors (Lipinski definition) is 2. The van der Waals surface area contributed by atoms with Gasteiger partial charge in [-0.3, -0.25) is 14.5 Å². The van der Waals surface area contributed by atoms with Crippen LogP contribution in [0.2, 0.25) is 0 Å². The summed E-state index contributed by atoms with van der Waals surface area (Å²) in [5.74, 6) is 1.41. The molecule has 1 atom stereocenters. The molecule has 1 unspecified atom stereocenters. The number of rotatable bonds is 10. The van der Waals surface area contributed by atoms with Crippen LogP contribution in [-0.2, 0) is 11.3 Å². The summed E-state index contributed by atoms with van der Waals surface area (Å²) < 4.78 is 2.45. The molecule has 0 bridgehead atoms. The molecule has 1 aromatic heterocycles. The Morgan fingerprint density at radius 3 is 2.88 bits per heavy atom. The summed E-state index contributed by atoms with van der Waals surface area (Å²) in [6, 6.07) is 8.13. The Labute approximate surface area is 161 Å². The fourth-order valence-electron chi connectivity index (χ4n) is 3.03. The number of unbranched alkanes of at least 4 members (excludes halogenated alkanes) is 1. The van der Waals surface area contributed by atoms with E-state index in [2.05, 4.69) is 35.4 Å². The van der Waals surface area contributed by atoms with Gasteiger partial charge in [-0.2, -0.15) is 5.10 Å². The second-order valence-corrected chi connectivity index (χ2v) is 7.23. The SMILES string of the molecule is CCCCC(CC)CNC(=O)CCn1c(-c2cccc(C)c2)n[nH]c1=S. The Morgan fingerprint density at radius 1 is 1.38 bits per heavy atom. The molecule has 6 heteroatoms. The molecule has 142 valence electrons. The van der Waals surface area contributed by atoms with Gasteiger partial charge in [-0.1, -0.05) is 56.9 Å². The van der Waals surface area contributed by atoms with Gasteiger partial charge >= 0.3 is 0 Å². The quantitative estimate of drug-likeness (QED) is 0.596. The normalized spacial score (nSPS) is 12.1. The lowest BCUT2D eigenvalue weighted by Crippen LogP contribution is -2.29. The highest BCUT2D eigenvalue weighted by atomic mass is 32.1. The Morgan fingerprint density at radius 2 is 2.19 bits per heavy atom. The number of nitrogens with one attached hydrogen (secondary N) is 2. The summed E-state index contributed by atoms with van der Waals surface area (Å²) >= 11 is 5.34. The Balaban J connectivity index is 1.94. The van der Waals surface area contributed by atoms with E-state index in [-0.39, 0.29) is 5.91 Å². The molecule has 2 aromatic rings. The molecule has 0 saturated heterocycles. The first-order valence-electron chi connectivity index (χ1n) is 9.54. The summed E-state index contributed by atoms with van der Waals surface area (Å²) in [5.41, 5.74) is 2.17. The summed E-state index contributed by atoms with van der Waals surface area (Å²) in [5, 5.41) is 10.3. The summed E-state index contributed by atoms with van der Waals surface area (Å²) in [4.78, 5) is 12.3. The smallest absolute Gasteiger partial charge is 0.221 e. The lowest BCUT2D eigenvalue weighted by Gasteiger charge is -2.15. The van der Waals surface area contributed by atoms with Crippen LogP contribution < -0.4 is 5.32 Å². The number of nitrogens with zero attached hydrogens (tertiary/aromatic N) is 2.